The normalized spacial score (nSPS) is 24.8. The zero-order valence-corrected chi connectivity index (χ0v) is 12.1. The van der Waals surface area contributed by atoms with Crippen molar-refractivity contribution in [1.82, 2.24) is 10.2 Å². The van der Waals surface area contributed by atoms with Crippen LogP contribution in [0, 0.1) is 11.2 Å². The average Bonchev–Trinajstić information content (AvgIpc) is 2.56. The smallest absolute Gasteiger partial charge is 0.317 e. The second kappa shape index (κ2) is 5.05. The summed E-state index contributed by atoms with van der Waals surface area (Å²) in [5.41, 5.74) is -0.532. The number of hydrogen-bond acceptors (Lipinski definition) is 2. The number of nitrogens with one attached hydrogen (secondary N) is 1. The summed E-state index contributed by atoms with van der Waals surface area (Å²) in [4.78, 5) is 13.7. The highest BCUT2D eigenvalue weighted by Crippen LogP contribution is 2.38. The monoisotopic (exact) mass is 280 g/mol. The van der Waals surface area contributed by atoms with Crippen molar-refractivity contribution in [3.05, 3.63) is 35.6 Å². The minimum absolute atomic E-state index is 0.236. The maximum Gasteiger partial charge on any atom is 0.317 e. The molecule has 1 aromatic carbocycles. The topological polar surface area (TPSA) is 52.6 Å². The lowest BCUT2D eigenvalue weighted by Crippen LogP contribution is -2.41. The van der Waals surface area contributed by atoms with Crippen molar-refractivity contribution < 1.29 is 14.3 Å². The first-order valence-electron chi connectivity index (χ1n) is 6.71. The maximum absolute atomic E-state index is 13.0. The standard InChI is InChI=1S/C15H21FN2O2/c1-14(2)9-18(10-15(14,3)20)13(19)17-8-11-5-4-6-12(16)7-11/h4-7,20H,8-10H2,1-3H3,(H,17,19)/t15-/m0/s1. The van der Waals surface area contributed by atoms with Crippen molar-refractivity contribution in [3.63, 3.8) is 0 Å². The molecule has 2 N–H and O–H groups in total. The second-order valence-electron chi connectivity index (χ2n) is 6.30. The van der Waals surface area contributed by atoms with Crippen LogP contribution in [-0.4, -0.2) is 34.7 Å². The van der Waals surface area contributed by atoms with Crippen molar-refractivity contribution in [2.45, 2.75) is 32.9 Å². The maximum atomic E-state index is 13.0. The Kier molecular flexibility index (Phi) is 3.73. The Morgan fingerprint density at radius 3 is 2.65 bits per heavy atom. The van der Waals surface area contributed by atoms with Gasteiger partial charge in [-0.2, -0.15) is 0 Å². The van der Waals surface area contributed by atoms with Crippen molar-refractivity contribution in [2.75, 3.05) is 13.1 Å². The van der Waals surface area contributed by atoms with E-state index in [1.165, 1.54) is 12.1 Å². The molecule has 5 heteroatoms. The van der Waals surface area contributed by atoms with Gasteiger partial charge in [0.25, 0.3) is 0 Å². The first kappa shape index (κ1) is 14.8. The third-order valence-electron chi connectivity index (χ3n) is 4.16. The van der Waals surface area contributed by atoms with E-state index in [1.807, 2.05) is 13.8 Å². The van der Waals surface area contributed by atoms with Crippen LogP contribution < -0.4 is 5.32 Å². The number of benzene rings is 1. The molecule has 2 rings (SSSR count). The Morgan fingerprint density at radius 2 is 2.10 bits per heavy atom. The van der Waals surface area contributed by atoms with E-state index in [4.69, 9.17) is 0 Å². The van der Waals surface area contributed by atoms with Gasteiger partial charge in [-0.15, -0.1) is 0 Å². The Bertz CT molecular complexity index is 498. The van der Waals surface area contributed by atoms with E-state index in [9.17, 15) is 14.3 Å². The van der Waals surface area contributed by atoms with E-state index < -0.39 is 5.60 Å². The number of β-amino-alcohol motifs (C(OH)–C–C–N with tert-alkyl or cyclic N) is 1. The third kappa shape index (κ3) is 2.93. The molecular weight excluding hydrogens is 259 g/mol. The average molecular weight is 280 g/mol. The predicted molar refractivity (Wildman–Crippen MR) is 74.6 cm³/mol. The highest BCUT2D eigenvalue weighted by molar-refractivity contribution is 5.74. The lowest BCUT2D eigenvalue weighted by molar-refractivity contribution is -0.0104. The molecule has 1 aliphatic heterocycles. The van der Waals surface area contributed by atoms with Crippen LogP contribution in [0.15, 0.2) is 24.3 Å². The van der Waals surface area contributed by atoms with E-state index in [-0.39, 0.29) is 23.8 Å². The fraction of sp³-hybridized carbons (Fsp3) is 0.533. The number of likely N-dealkylation sites (tertiary alicyclic amines) is 1. The zero-order chi connectivity index (χ0) is 15.0. The fourth-order valence-corrected chi connectivity index (χ4v) is 2.37. The van der Waals surface area contributed by atoms with Crippen LogP contribution in [0.25, 0.3) is 0 Å². The number of hydrogen-bond donors (Lipinski definition) is 2. The SMILES string of the molecule is CC1(C)CN(C(=O)NCc2cccc(F)c2)C[C@]1(C)O. The van der Waals surface area contributed by atoms with Gasteiger partial charge >= 0.3 is 6.03 Å². The Morgan fingerprint density at radius 1 is 1.40 bits per heavy atom. The van der Waals surface area contributed by atoms with Crippen LogP contribution in [-0.2, 0) is 6.54 Å². The Hall–Kier alpha value is -1.62. The largest absolute Gasteiger partial charge is 0.388 e. The molecule has 1 aromatic rings. The number of rotatable bonds is 2. The van der Waals surface area contributed by atoms with E-state index in [0.29, 0.717) is 18.7 Å². The van der Waals surface area contributed by atoms with Crippen LogP contribution in [0.2, 0.25) is 0 Å². The van der Waals surface area contributed by atoms with E-state index in [0.717, 1.165) is 0 Å². The van der Waals surface area contributed by atoms with Gasteiger partial charge in [-0.05, 0) is 24.6 Å². The van der Waals surface area contributed by atoms with Crippen molar-refractivity contribution in [2.24, 2.45) is 5.41 Å². The predicted octanol–water partition coefficient (Wildman–Crippen LogP) is 2.13. The van der Waals surface area contributed by atoms with Crippen molar-refractivity contribution in [3.8, 4) is 0 Å². The van der Waals surface area contributed by atoms with Crippen LogP contribution in [0.4, 0.5) is 9.18 Å². The lowest BCUT2D eigenvalue weighted by Gasteiger charge is -2.30. The molecule has 0 aliphatic carbocycles. The highest BCUT2D eigenvalue weighted by atomic mass is 19.1. The third-order valence-corrected chi connectivity index (χ3v) is 4.16. The molecule has 1 aliphatic rings. The van der Waals surface area contributed by atoms with Gasteiger partial charge in [0, 0.05) is 18.5 Å². The second-order valence-corrected chi connectivity index (χ2v) is 6.30. The summed E-state index contributed by atoms with van der Waals surface area (Å²) < 4.78 is 13.0. The molecule has 20 heavy (non-hydrogen) atoms. The molecule has 1 fully saturated rings. The molecular formula is C15H21FN2O2. The minimum Gasteiger partial charge on any atom is -0.388 e. The molecule has 0 spiro atoms. The van der Waals surface area contributed by atoms with E-state index in [1.54, 1.807) is 24.0 Å². The summed E-state index contributed by atoms with van der Waals surface area (Å²) in [6.45, 7) is 6.69. The summed E-state index contributed by atoms with van der Waals surface area (Å²) in [7, 11) is 0. The zero-order valence-electron chi connectivity index (χ0n) is 12.1. The fourth-order valence-electron chi connectivity index (χ4n) is 2.37. The first-order valence-corrected chi connectivity index (χ1v) is 6.71. The molecule has 1 saturated heterocycles. The van der Waals surface area contributed by atoms with Crippen LogP contribution in [0.5, 0.6) is 0 Å². The summed E-state index contributed by atoms with van der Waals surface area (Å²) in [5, 5.41) is 13.0. The first-order chi connectivity index (χ1) is 9.21. The molecule has 0 radical (unpaired) electrons. The Labute approximate surface area is 118 Å². The van der Waals surface area contributed by atoms with Gasteiger partial charge < -0.3 is 15.3 Å². The summed E-state index contributed by atoms with van der Waals surface area (Å²) in [6.07, 6.45) is 0. The van der Waals surface area contributed by atoms with Crippen molar-refractivity contribution in [1.29, 1.82) is 0 Å². The van der Waals surface area contributed by atoms with Gasteiger partial charge in [0.1, 0.15) is 5.82 Å². The summed E-state index contributed by atoms with van der Waals surface area (Å²) >= 11 is 0. The number of carbonyl (C=O) groups is 1. The molecule has 1 atom stereocenters. The number of aliphatic hydroxyl groups is 1. The quantitative estimate of drug-likeness (QED) is 0.872. The minimum atomic E-state index is -0.900. The number of carbonyl (C=O) groups excluding carboxylic acids is 1. The number of urea groups is 1. The van der Waals surface area contributed by atoms with Crippen LogP contribution in [0.1, 0.15) is 26.3 Å². The molecule has 2 amide bonds. The van der Waals surface area contributed by atoms with Crippen LogP contribution >= 0.6 is 0 Å². The van der Waals surface area contributed by atoms with Crippen molar-refractivity contribution >= 4 is 6.03 Å². The van der Waals surface area contributed by atoms with Gasteiger partial charge in [-0.25, -0.2) is 9.18 Å². The highest BCUT2D eigenvalue weighted by Gasteiger charge is 2.49. The molecule has 110 valence electrons. The van der Waals surface area contributed by atoms with Gasteiger partial charge in [-0.1, -0.05) is 26.0 Å². The number of nitrogens with zero attached hydrogens (tertiary/aromatic N) is 1. The molecule has 0 bridgehead atoms. The van der Waals surface area contributed by atoms with E-state index >= 15 is 0 Å². The molecule has 0 unspecified atom stereocenters. The van der Waals surface area contributed by atoms with Gasteiger partial charge in [0.2, 0.25) is 0 Å². The van der Waals surface area contributed by atoms with Gasteiger partial charge in [0.05, 0.1) is 12.1 Å². The molecule has 0 aromatic heterocycles. The molecule has 4 nitrogen and oxygen atoms in total. The van der Waals surface area contributed by atoms with Gasteiger partial charge in [0.15, 0.2) is 0 Å². The Balaban J connectivity index is 1.94. The molecule has 1 heterocycles. The summed E-state index contributed by atoms with van der Waals surface area (Å²) in [5.74, 6) is -0.318. The van der Waals surface area contributed by atoms with E-state index in [2.05, 4.69) is 5.32 Å². The number of amides is 2. The van der Waals surface area contributed by atoms with Crippen LogP contribution in [0.3, 0.4) is 0 Å². The van der Waals surface area contributed by atoms with Gasteiger partial charge in [-0.3, -0.25) is 0 Å². The lowest BCUT2D eigenvalue weighted by atomic mass is 9.79. The molecule has 0 saturated carbocycles. The number of halogens is 1. The summed E-state index contributed by atoms with van der Waals surface area (Å²) in [6, 6.07) is 5.89.